The van der Waals surface area contributed by atoms with E-state index in [0.717, 1.165) is 55.1 Å². The van der Waals surface area contributed by atoms with E-state index < -0.39 is 0 Å². The molecule has 2 aliphatic rings. The molecule has 2 atom stereocenters. The Bertz CT molecular complexity index is 905. The van der Waals surface area contributed by atoms with Crippen LogP contribution in [0.5, 0.6) is 0 Å². The number of aromatic nitrogens is 3. The largest absolute Gasteiger partial charge is 0.446 e. The minimum atomic E-state index is -0.327. The molecule has 2 aromatic rings. The summed E-state index contributed by atoms with van der Waals surface area (Å²) in [5, 5.41) is 11.2. The Hall–Kier alpha value is -2.61. The van der Waals surface area contributed by atoms with Gasteiger partial charge in [0.2, 0.25) is 0 Å². The van der Waals surface area contributed by atoms with Crippen LogP contribution in [-0.2, 0) is 21.6 Å². The molecule has 4 rings (SSSR count). The summed E-state index contributed by atoms with van der Waals surface area (Å²) >= 11 is 0. The van der Waals surface area contributed by atoms with Gasteiger partial charge < -0.3 is 20.1 Å². The Labute approximate surface area is 183 Å². The first-order chi connectivity index (χ1) is 14.9. The maximum Gasteiger partial charge on any atom is 0.407 e. The number of fused-ring (bicyclic) bond motifs is 7. The van der Waals surface area contributed by atoms with E-state index in [1.54, 1.807) is 0 Å². The van der Waals surface area contributed by atoms with Crippen LogP contribution in [0.2, 0.25) is 0 Å². The number of hydrogen-bond acceptors (Lipinski definition) is 6. The van der Waals surface area contributed by atoms with Gasteiger partial charge in [0.05, 0.1) is 23.5 Å². The predicted molar refractivity (Wildman–Crippen MR) is 118 cm³/mol. The van der Waals surface area contributed by atoms with Gasteiger partial charge >= 0.3 is 6.09 Å². The number of nitrogens with one attached hydrogen (secondary N) is 2. The minimum Gasteiger partial charge on any atom is -0.446 e. The molecule has 3 heterocycles. The SMILES string of the molecule is CC(C)(C)n1nc2cc1Nc1cccc(n1)COCCCCNC(=O)O[C@@H]1CC[C@H]2C1. The Kier molecular flexibility index (Phi) is 6.46. The smallest absolute Gasteiger partial charge is 0.407 e. The van der Waals surface area contributed by atoms with Crippen molar-refractivity contribution in [2.24, 2.45) is 0 Å². The zero-order valence-electron chi connectivity index (χ0n) is 18.7. The molecule has 1 fully saturated rings. The maximum absolute atomic E-state index is 12.1. The van der Waals surface area contributed by atoms with Gasteiger partial charge in [0, 0.05) is 25.1 Å². The number of ether oxygens (including phenoxy) is 2. The molecule has 0 unspecified atom stereocenters. The summed E-state index contributed by atoms with van der Waals surface area (Å²) in [5.74, 6) is 1.96. The Morgan fingerprint density at radius 3 is 2.90 bits per heavy atom. The maximum atomic E-state index is 12.1. The minimum absolute atomic E-state index is 0.0649. The van der Waals surface area contributed by atoms with Crippen molar-refractivity contribution >= 4 is 17.7 Å². The average Bonchev–Trinajstić information content (AvgIpc) is 3.34. The molecule has 2 N–H and O–H groups in total. The lowest BCUT2D eigenvalue weighted by molar-refractivity contribution is 0.0982. The number of hydrogen-bond donors (Lipinski definition) is 2. The van der Waals surface area contributed by atoms with Crippen LogP contribution in [0.15, 0.2) is 24.3 Å². The first-order valence-corrected chi connectivity index (χ1v) is 11.2. The predicted octanol–water partition coefficient (Wildman–Crippen LogP) is 4.45. The van der Waals surface area contributed by atoms with Gasteiger partial charge in [-0.1, -0.05) is 6.07 Å². The third-order valence-corrected chi connectivity index (χ3v) is 5.74. The highest BCUT2D eigenvalue weighted by molar-refractivity contribution is 5.67. The highest BCUT2D eigenvalue weighted by atomic mass is 16.6. The molecule has 1 saturated carbocycles. The fourth-order valence-electron chi connectivity index (χ4n) is 4.17. The molecule has 168 valence electrons. The van der Waals surface area contributed by atoms with E-state index in [4.69, 9.17) is 19.6 Å². The number of pyridine rings is 1. The second kappa shape index (κ2) is 9.26. The van der Waals surface area contributed by atoms with Gasteiger partial charge in [-0.25, -0.2) is 14.5 Å². The van der Waals surface area contributed by atoms with Crippen molar-refractivity contribution in [2.45, 2.75) is 77.0 Å². The van der Waals surface area contributed by atoms with Crippen LogP contribution in [0.3, 0.4) is 0 Å². The Morgan fingerprint density at radius 2 is 2.06 bits per heavy atom. The zero-order chi connectivity index (χ0) is 21.8. The van der Waals surface area contributed by atoms with Gasteiger partial charge in [-0.2, -0.15) is 5.10 Å². The summed E-state index contributed by atoms with van der Waals surface area (Å²) < 4.78 is 13.4. The van der Waals surface area contributed by atoms with Crippen LogP contribution < -0.4 is 10.6 Å². The Morgan fingerprint density at radius 1 is 1.19 bits per heavy atom. The highest BCUT2D eigenvalue weighted by Gasteiger charge is 2.32. The molecule has 6 bridgehead atoms. The topological polar surface area (TPSA) is 90.3 Å². The molecule has 31 heavy (non-hydrogen) atoms. The number of carbonyl (C=O) groups excluding carboxylic acids is 1. The van der Waals surface area contributed by atoms with Crippen molar-refractivity contribution in [3.63, 3.8) is 0 Å². The van der Waals surface area contributed by atoms with E-state index in [2.05, 4.69) is 37.5 Å². The summed E-state index contributed by atoms with van der Waals surface area (Å²) in [6, 6.07) is 8.03. The van der Waals surface area contributed by atoms with Gasteiger partial charge in [-0.15, -0.1) is 0 Å². The van der Waals surface area contributed by atoms with E-state index in [1.165, 1.54) is 0 Å². The van der Waals surface area contributed by atoms with E-state index in [-0.39, 0.29) is 23.7 Å². The van der Waals surface area contributed by atoms with E-state index >= 15 is 0 Å². The third kappa shape index (κ3) is 5.55. The molecule has 0 spiro atoms. The summed E-state index contributed by atoms with van der Waals surface area (Å²) in [6.07, 6.45) is 3.96. The molecule has 8 heteroatoms. The lowest BCUT2D eigenvalue weighted by Gasteiger charge is -2.22. The molecule has 0 aromatic carbocycles. The lowest BCUT2D eigenvalue weighted by Crippen LogP contribution is -2.29. The van der Waals surface area contributed by atoms with Gasteiger partial charge in [-0.05, 0) is 65.0 Å². The average molecular weight is 428 g/mol. The van der Waals surface area contributed by atoms with Crippen LogP contribution in [-0.4, -0.2) is 40.1 Å². The van der Waals surface area contributed by atoms with Gasteiger partial charge in [0.15, 0.2) is 0 Å². The van der Waals surface area contributed by atoms with Crippen molar-refractivity contribution in [1.29, 1.82) is 0 Å². The van der Waals surface area contributed by atoms with Crippen LogP contribution in [0.4, 0.5) is 16.4 Å². The molecule has 0 saturated heterocycles. The zero-order valence-corrected chi connectivity index (χ0v) is 18.7. The molecule has 1 amide bonds. The second-order valence-electron chi connectivity index (χ2n) is 9.40. The second-order valence-corrected chi connectivity index (χ2v) is 9.40. The number of rotatable bonds is 0. The third-order valence-electron chi connectivity index (χ3n) is 5.74. The fraction of sp³-hybridized carbons (Fsp3) is 0.609. The number of alkyl carbamates (subject to hydrolysis) is 1. The summed E-state index contributed by atoms with van der Waals surface area (Å²) in [6.45, 7) is 8.08. The van der Waals surface area contributed by atoms with E-state index in [9.17, 15) is 4.79 Å². The van der Waals surface area contributed by atoms with Crippen molar-refractivity contribution in [3.8, 4) is 0 Å². The van der Waals surface area contributed by atoms with Crippen LogP contribution in [0.1, 0.15) is 70.2 Å². The molecule has 1 aliphatic carbocycles. The van der Waals surface area contributed by atoms with E-state index in [0.29, 0.717) is 19.8 Å². The summed E-state index contributed by atoms with van der Waals surface area (Å²) in [4.78, 5) is 16.8. The monoisotopic (exact) mass is 427 g/mol. The first-order valence-electron chi connectivity index (χ1n) is 11.2. The van der Waals surface area contributed by atoms with Crippen molar-refractivity contribution in [2.75, 3.05) is 18.5 Å². The number of carbonyl (C=O) groups is 1. The van der Waals surface area contributed by atoms with Crippen molar-refractivity contribution in [1.82, 2.24) is 20.1 Å². The quantitative estimate of drug-likeness (QED) is 0.646. The normalized spacial score (nSPS) is 23.0. The fourth-order valence-corrected chi connectivity index (χ4v) is 4.17. The molecule has 1 aliphatic heterocycles. The van der Waals surface area contributed by atoms with Gasteiger partial charge in [0.25, 0.3) is 0 Å². The summed E-state index contributed by atoms with van der Waals surface area (Å²) in [5.41, 5.74) is 1.72. The van der Waals surface area contributed by atoms with Crippen molar-refractivity contribution < 1.29 is 14.3 Å². The molecular formula is C23H33N5O3. The molecular weight excluding hydrogens is 394 g/mol. The van der Waals surface area contributed by atoms with Gasteiger partial charge in [-0.3, -0.25) is 0 Å². The first kappa shape index (κ1) is 21.6. The van der Waals surface area contributed by atoms with Crippen LogP contribution in [0.25, 0.3) is 0 Å². The van der Waals surface area contributed by atoms with Crippen LogP contribution in [0, 0.1) is 0 Å². The number of nitrogens with zero attached hydrogens (tertiary/aromatic N) is 3. The number of anilines is 2. The molecule has 8 nitrogen and oxygen atoms in total. The Balaban J connectivity index is 1.61. The molecule has 2 aromatic heterocycles. The summed E-state index contributed by atoms with van der Waals surface area (Å²) in [7, 11) is 0. The van der Waals surface area contributed by atoms with E-state index in [1.807, 2.05) is 22.9 Å². The van der Waals surface area contributed by atoms with Gasteiger partial charge in [0.1, 0.15) is 17.7 Å². The standard InChI is InChI=1S/C23H33N5O3/c1-23(2,3)28-21-14-19(27-28)16-9-10-18(13-16)31-22(29)24-11-4-5-12-30-15-17-7-6-8-20(25-17)26-21/h6-8,14,16,18H,4-5,9-13,15H2,1-3H3,(H,24,29)(H,25,26)/t16-,18+/m0/s1. The molecule has 0 radical (unpaired) electrons. The lowest BCUT2D eigenvalue weighted by atomic mass is 10.0. The number of amides is 1. The van der Waals surface area contributed by atoms with Crippen molar-refractivity contribution in [3.05, 3.63) is 35.7 Å². The highest BCUT2D eigenvalue weighted by Crippen LogP contribution is 2.37. The van der Waals surface area contributed by atoms with Crippen LogP contribution >= 0.6 is 0 Å².